The highest BCUT2D eigenvalue weighted by atomic mass is 19.4. The molecule has 3 N–H and O–H groups in total. The van der Waals surface area contributed by atoms with Gasteiger partial charge < -0.3 is 20.1 Å². The van der Waals surface area contributed by atoms with Gasteiger partial charge in [0.05, 0.1) is 13.2 Å². The minimum atomic E-state index is -5.43. The third-order valence-electron chi connectivity index (χ3n) is 6.14. The zero-order valence-corrected chi connectivity index (χ0v) is 21.0. The predicted molar refractivity (Wildman–Crippen MR) is 134 cm³/mol. The summed E-state index contributed by atoms with van der Waals surface area (Å²) < 4.78 is 55.6. The first kappa shape index (κ1) is 27.5. The van der Waals surface area contributed by atoms with Gasteiger partial charge in [-0.25, -0.2) is 4.79 Å². The van der Waals surface area contributed by atoms with E-state index in [1.165, 1.54) is 24.3 Å². The van der Waals surface area contributed by atoms with Crippen LogP contribution in [0.1, 0.15) is 35.3 Å². The molecule has 0 aliphatic carbocycles. The van der Waals surface area contributed by atoms with E-state index in [1.54, 1.807) is 36.5 Å². The first-order chi connectivity index (χ1) is 18.5. The van der Waals surface area contributed by atoms with E-state index in [4.69, 9.17) is 9.47 Å². The number of aromatic amines is 1. The summed E-state index contributed by atoms with van der Waals surface area (Å²) in [6.07, 6.45) is -5.31. The zero-order chi connectivity index (χ0) is 28.4. The molecule has 10 nitrogen and oxygen atoms in total. The molecular weight excluding hydrogens is 521 g/mol. The lowest BCUT2D eigenvalue weighted by molar-refractivity contribution is -0.196. The molecule has 0 saturated carbocycles. The number of nitrogens with zero attached hydrogens (tertiary/aromatic N) is 1. The van der Waals surface area contributed by atoms with E-state index in [0.29, 0.717) is 30.3 Å². The maximum absolute atomic E-state index is 14.6. The van der Waals surface area contributed by atoms with Crippen LogP contribution >= 0.6 is 0 Å². The summed E-state index contributed by atoms with van der Waals surface area (Å²) in [4.78, 5) is 53.0. The number of carbonyl (C=O) groups is 2. The summed E-state index contributed by atoms with van der Waals surface area (Å²) in [5.41, 5.74) is -6.83. The Kier molecular flexibility index (Phi) is 7.52. The molecule has 2 aromatic carbocycles. The molecule has 2 amide bonds. The van der Waals surface area contributed by atoms with Crippen molar-refractivity contribution in [2.75, 3.05) is 18.5 Å². The van der Waals surface area contributed by atoms with Gasteiger partial charge in [-0.15, -0.1) is 0 Å². The molecule has 0 bridgehead atoms. The van der Waals surface area contributed by atoms with E-state index in [-0.39, 0.29) is 18.5 Å². The summed E-state index contributed by atoms with van der Waals surface area (Å²) in [6.45, 7) is 4.15. The molecule has 206 valence electrons. The number of halogens is 3. The lowest BCUT2D eigenvalue weighted by Gasteiger charge is -2.30. The molecule has 0 unspecified atom stereocenters. The number of nitrogens with one attached hydrogen (secondary N) is 3. The van der Waals surface area contributed by atoms with Gasteiger partial charge >= 0.3 is 11.9 Å². The number of hydrogen-bond donors (Lipinski definition) is 3. The molecule has 1 aliphatic rings. The van der Waals surface area contributed by atoms with E-state index in [9.17, 15) is 32.3 Å². The average Bonchev–Trinajstić information content (AvgIpc) is 3.19. The van der Waals surface area contributed by atoms with Gasteiger partial charge in [-0.1, -0.05) is 24.3 Å². The van der Waals surface area contributed by atoms with Crippen molar-refractivity contribution in [2.45, 2.75) is 38.5 Å². The first-order valence-corrected chi connectivity index (χ1v) is 12.0. The van der Waals surface area contributed by atoms with E-state index in [2.05, 4.69) is 0 Å². The van der Waals surface area contributed by atoms with Crippen LogP contribution in [0.15, 0.2) is 58.1 Å². The predicted octanol–water partition coefficient (Wildman–Crippen LogP) is 2.72. The number of carbonyl (C=O) groups excluding carboxylic acids is 2. The Morgan fingerprint density at radius 1 is 1.00 bits per heavy atom. The van der Waals surface area contributed by atoms with Crippen molar-refractivity contribution in [3.05, 3.63) is 86.1 Å². The molecule has 2 heterocycles. The Morgan fingerprint density at radius 3 is 2.31 bits per heavy atom. The Bertz CT molecular complexity index is 1520. The number of amides is 2. The molecule has 3 aromatic rings. The van der Waals surface area contributed by atoms with Gasteiger partial charge in [-0.3, -0.25) is 23.9 Å². The molecule has 1 aromatic heterocycles. The van der Waals surface area contributed by atoms with Gasteiger partial charge in [0.1, 0.15) is 11.4 Å². The van der Waals surface area contributed by atoms with Crippen molar-refractivity contribution in [3.63, 3.8) is 0 Å². The Morgan fingerprint density at radius 2 is 1.67 bits per heavy atom. The van der Waals surface area contributed by atoms with Crippen LogP contribution in [0.3, 0.4) is 0 Å². The monoisotopic (exact) mass is 546 g/mol. The normalized spacial score (nSPS) is 16.4. The SMILES string of the molecule is CCOc1ccc(CCn2c3c(c(=O)[nH]c2=O)[C@@](NC(=O)c2ccccc2)(C(F)(F)F)C(=O)N3)cc1OCC. The molecule has 39 heavy (non-hydrogen) atoms. The fourth-order valence-corrected chi connectivity index (χ4v) is 4.36. The van der Waals surface area contributed by atoms with Crippen LogP contribution < -0.4 is 31.4 Å². The number of benzene rings is 2. The van der Waals surface area contributed by atoms with Crippen molar-refractivity contribution in [1.82, 2.24) is 14.9 Å². The van der Waals surface area contributed by atoms with Crippen molar-refractivity contribution < 1.29 is 32.2 Å². The number of ether oxygens (including phenoxy) is 2. The molecule has 0 fully saturated rings. The van der Waals surface area contributed by atoms with Crippen LogP contribution in [-0.4, -0.2) is 40.8 Å². The second-order valence-corrected chi connectivity index (χ2v) is 8.55. The van der Waals surface area contributed by atoms with Crippen LogP contribution in [0.25, 0.3) is 0 Å². The quantitative estimate of drug-likeness (QED) is 0.378. The second-order valence-electron chi connectivity index (χ2n) is 8.55. The first-order valence-electron chi connectivity index (χ1n) is 12.0. The lowest BCUT2D eigenvalue weighted by atomic mass is 9.91. The number of rotatable bonds is 9. The van der Waals surface area contributed by atoms with Crippen LogP contribution in [0.4, 0.5) is 19.0 Å². The number of fused-ring (bicyclic) bond motifs is 1. The van der Waals surface area contributed by atoms with Gasteiger partial charge in [-0.05, 0) is 50.1 Å². The third kappa shape index (κ3) is 4.99. The number of alkyl halides is 3. The maximum Gasteiger partial charge on any atom is 0.425 e. The maximum atomic E-state index is 14.6. The third-order valence-corrected chi connectivity index (χ3v) is 6.14. The fourth-order valence-electron chi connectivity index (χ4n) is 4.36. The highest BCUT2D eigenvalue weighted by molar-refractivity contribution is 6.09. The smallest absolute Gasteiger partial charge is 0.425 e. The van der Waals surface area contributed by atoms with Crippen molar-refractivity contribution in [1.29, 1.82) is 0 Å². The summed E-state index contributed by atoms with van der Waals surface area (Å²) in [5, 5.41) is 3.73. The number of anilines is 1. The molecule has 1 atom stereocenters. The second kappa shape index (κ2) is 10.7. The number of H-pyrrole nitrogens is 1. The zero-order valence-electron chi connectivity index (χ0n) is 21.0. The van der Waals surface area contributed by atoms with Crippen LogP contribution in [-0.2, 0) is 23.3 Å². The fraction of sp³-hybridized carbons (Fsp3) is 0.308. The minimum Gasteiger partial charge on any atom is -0.490 e. The number of hydrogen-bond acceptors (Lipinski definition) is 6. The summed E-state index contributed by atoms with van der Waals surface area (Å²) >= 11 is 0. The Hall–Kier alpha value is -4.55. The molecule has 1 aliphatic heterocycles. The Labute approximate surface area is 219 Å². The molecule has 0 radical (unpaired) electrons. The molecule has 13 heteroatoms. The Balaban J connectivity index is 1.75. The average molecular weight is 547 g/mol. The molecule has 0 spiro atoms. The summed E-state index contributed by atoms with van der Waals surface area (Å²) in [6, 6.07) is 12.0. The number of aryl methyl sites for hydroxylation is 1. The number of aromatic nitrogens is 2. The van der Waals surface area contributed by atoms with E-state index >= 15 is 0 Å². The largest absolute Gasteiger partial charge is 0.490 e. The molecular formula is C26H25F3N4O6. The molecule has 0 saturated heterocycles. The summed E-state index contributed by atoms with van der Waals surface area (Å²) in [7, 11) is 0. The van der Waals surface area contributed by atoms with Gasteiger partial charge in [0, 0.05) is 12.1 Å². The van der Waals surface area contributed by atoms with Crippen molar-refractivity contribution in [2.24, 2.45) is 0 Å². The topological polar surface area (TPSA) is 132 Å². The van der Waals surface area contributed by atoms with E-state index in [0.717, 1.165) is 4.57 Å². The van der Waals surface area contributed by atoms with E-state index in [1.807, 2.05) is 17.2 Å². The van der Waals surface area contributed by atoms with E-state index < -0.39 is 46.2 Å². The lowest BCUT2D eigenvalue weighted by Crippen LogP contribution is -2.62. The van der Waals surface area contributed by atoms with Gasteiger partial charge in [0.15, 0.2) is 11.5 Å². The standard InChI is InChI=1S/C26H25F3N4O6/c1-3-38-17-11-10-15(14-18(17)39-4-2)12-13-33-20-19(22(35)31-24(33)37)25(23(36)30-20,26(27,28)29)32-21(34)16-8-6-5-7-9-16/h5-11,14H,3-4,12-13H2,1-2H3,(H,30,36)(H,32,34)(H,31,35,37)/t25-/m0/s1. The van der Waals surface area contributed by atoms with Crippen molar-refractivity contribution >= 4 is 17.6 Å². The van der Waals surface area contributed by atoms with Crippen LogP contribution in [0.2, 0.25) is 0 Å². The minimum absolute atomic E-state index is 0.121. The highest BCUT2D eigenvalue weighted by Gasteiger charge is 2.68. The highest BCUT2D eigenvalue weighted by Crippen LogP contribution is 2.45. The summed E-state index contributed by atoms with van der Waals surface area (Å²) in [5.74, 6) is -2.63. The van der Waals surface area contributed by atoms with Crippen LogP contribution in [0.5, 0.6) is 11.5 Å². The van der Waals surface area contributed by atoms with Crippen LogP contribution in [0, 0.1) is 0 Å². The molecule has 4 rings (SSSR count). The van der Waals surface area contributed by atoms with Gasteiger partial charge in [0.25, 0.3) is 22.9 Å². The van der Waals surface area contributed by atoms with Gasteiger partial charge in [0.2, 0.25) is 0 Å². The van der Waals surface area contributed by atoms with Gasteiger partial charge in [-0.2, -0.15) is 13.2 Å². The van der Waals surface area contributed by atoms with Crippen molar-refractivity contribution in [3.8, 4) is 11.5 Å².